The summed E-state index contributed by atoms with van der Waals surface area (Å²) in [6.07, 6.45) is 0.329. The summed E-state index contributed by atoms with van der Waals surface area (Å²) in [4.78, 5) is 75.5. The van der Waals surface area contributed by atoms with Gasteiger partial charge in [-0.3, -0.25) is 34.2 Å². The van der Waals surface area contributed by atoms with Gasteiger partial charge in [-0.25, -0.2) is 10.4 Å². The lowest BCUT2D eigenvalue weighted by molar-refractivity contribution is -0.138. The van der Waals surface area contributed by atoms with Gasteiger partial charge in [0.15, 0.2) is 0 Å². The van der Waals surface area contributed by atoms with Crippen LogP contribution in [-0.2, 0) is 27.1 Å². The molecular formula is C47H45F3N10O5. The molecule has 0 aliphatic carbocycles. The van der Waals surface area contributed by atoms with Gasteiger partial charge in [0, 0.05) is 104 Å². The SMILES string of the molecule is CN1C=C2c3cc(C(=O)NCC#Cc4ccc(N5CCN(CCCC(=O)Nc6ccc7c(c6)CN(C6CCC(=O)NC6=O)C7=O)CC5)nc4)ccc3N(c3ccc(C(F)(F)F)cc3)C2N1. The molecule has 0 radical (unpaired) electrons. The third kappa shape index (κ3) is 9.10. The zero-order valence-electron chi connectivity index (χ0n) is 35.4. The minimum absolute atomic E-state index is 0.109. The Morgan fingerprint density at radius 2 is 1.74 bits per heavy atom. The second-order valence-corrected chi connectivity index (χ2v) is 16.5. The van der Waals surface area contributed by atoms with Crippen LogP contribution in [0.4, 0.5) is 36.1 Å². The topological polar surface area (TPSA) is 163 Å². The number of piperazine rings is 1. The highest BCUT2D eigenvalue weighted by Gasteiger charge is 2.41. The van der Waals surface area contributed by atoms with E-state index in [0.29, 0.717) is 40.9 Å². The maximum atomic E-state index is 13.2. The molecule has 9 rings (SSSR count). The number of hydrogen-bond acceptors (Lipinski definition) is 11. The van der Waals surface area contributed by atoms with Crippen LogP contribution in [0.5, 0.6) is 0 Å². The van der Waals surface area contributed by atoms with E-state index in [1.807, 2.05) is 30.3 Å². The maximum absolute atomic E-state index is 13.2. The van der Waals surface area contributed by atoms with Crippen LogP contribution in [-0.4, -0.2) is 108 Å². The predicted octanol–water partition coefficient (Wildman–Crippen LogP) is 4.45. The van der Waals surface area contributed by atoms with E-state index in [9.17, 15) is 37.1 Å². The van der Waals surface area contributed by atoms with E-state index >= 15 is 0 Å². The lowest BCUT2D eigenvalue weighted by atomic mass is 10.0. The quantitative estimate of drug-likeness (QED) is 0.132. The Morgan fingerprint density at radius 3 is 2.48 bits per heavy atom. The van der Waals surface area contributed by atoms with Crippen LogP contribution in [0.25, 0.3) is 5.57 Å². The Balaban J connectivity index is 0.704. The number of fused-ring (bicyclic) bond motifs is 4. The molecule has 1 aromatic heterocycles. The number of nitrogens with zero attached hydrogens (tertiary/aromatic N) is 6. The van der Waals surface area contributed by atoms with Gasteiger partial charge in [-0.1, -0.05) is 11.8 Å². The minimum atomic E-state index is -4.44. The van der Waals surface area contributed by atoms with Gasteiger partial charge in [0.2, 0.25) is 17.7 Å². The molecule has 5 amide bonds. The van der Waals surface area contributed by atoms with E-state index < -0.39 is 23.7 Å². The molecule has 18 heteroatoms. The smallest absolute Gasteiger partial charge is 0.354 e. The van der Waals surface area contributed by atoms with Gasteiger partial charge >= 0.3 is 6.18 Å². The van der Waals surface area contributed by atoms with Crippen LogP contribution in [0.15, 0.2) is 85.2 Å². The molecule has 4 N–H and O–H groups in total. The summed E-state index contributed by atoms with van der Waals surface area (Å²) in [7, 11) is 1.83. The Labute approximate surface area is 372 Å². The van der Waals surface area contributed by atoms with Crippen molar-refractivity contribution in [3.05, 3.63) is 119 Å². The summed E-state index contributed by atoms with van der Waals surface area (Å²) in [5.74, 6) is 5.41. The van der Waals surface area contributed by atoms with E-state index in [2.05, 4.69) is 48.0 Å². The minimum Gasteiger partial charge on any atom is -0.354 e. The summed E-state index contributed by atoms with van der Waals surface area (Å²) in [5.41, 5.74) is 8.58. The third-order valence-electron chi connectivity index (χ3n) is 12.2. The molecule has 334 valence electrons. The van der Waals surface area contributed by atoms with Crippen molar-refractivity contribution in [2.24, 2.45) is 0 Å². The van der Waals surface area contributed by atoms with Crippen molar-refractivity contribution >= 4 is 58.0 Å². The molecule has 2 unspecified atom stereocenters. The normalized spacial score (nSPS) is 19.3. The number of benzene rings is 3. The van der Waals surface area contributed by atoms with Crippen LogP contribution < -0.4 is 31.2 Å². The molecule has 2 fully saturated rings. The Kier molecular flexibility index (Phi) is 11.7. The number of halogens is 3. The van der Waals surface area contributed by atoms with Crippen LogP contribution in [0, 0.1) is 11.8 Å². The first-order valence-corrected chi connectivity index (χ1v) is 21.4. The van der Waals surface area contributed by atoms with E-state index in [1.54, 1.807) is 47.6 Å². The summed E-state index contributed by atoms with van der Waals surface area (Å²) in [6.45, 7) is 4.32. The number of rotatable bonds is 10. The average Bonchev–Trinajstić information content (AvgIpc) is 3.93. The second kappa shape index (κ2) is 17.7. The Hall–Kier alpha value is -7.23. The van der Waals surface area contributed by atoms with E-state index in [1.165, 1.54) is 17.0 Å². The van der Waals surface area contributed by atoms with Gasteiger partial charge in [-0.05, 0) is 97.7 Å². The number of carbonyl (C=O) groups excluding carboxylic acids is 5. The van der Waals surface area contributed by atoms with Crippen LogP contribution >= 0.6 is 0 Å². The van der Waals surface area contributed by atoms with E-state index in [-0.39, 0.29) is 55.7 Å². The molecule has 2 atom stereocenters. The molecule has 5 aliphatic rings. The van der Waals surface area contributed by atoms with Gasteiger partial charge < -0.3 is 30.3 Å². The Morgan fingerprint density at radius 1 is 0.938 bits per heavy atom. The van der Waals surface area contributed by atoms with Crippen molar-refractivity contribution in [2.75, 3.05) is 61.4 Å². The highest BCUT2D eigenvalue weighted by atomic mass is 19.4. The van der Waals surface area contributed by atoms with Crippen molar-refractivity contribution in [1.82, 2.24) is 35.9 Å². The van der Waals surface area contributed by atoms with Gasteiger partial charge in [-0.2, -0.15) is 13.2 Å². The predicted molar refractivity (Wildman–Crippen MR) is 235 cm³/mol. The van der Waals surface area contributed by atoms with E-state index in [0.717, 1.165) is 73.1 Å². The maximum Gasteiger partial charge on any atom is 0.416 e. The van der Waals surface area contributed by atoms with Crippen molar-refractivity contribution in [1.29, 1.82) is 0 Å². The van der Waals surface area contributed by atoms with Crippen LogP contribution in [0.2, 0.25) is 0 Å². The van der Waals surface area contributed by atoms with Crippen LogP contribution in [0.3, 0.4) is 0 Å². The second-order valence-electron chi connectivity index (χ2n) is 16.5. The number of alkyl halides is 3. The summed E-state index contributed by atoms with van der Waals surface area (Å²) < 4.78 is 39.7. The van der Waals surface area contributed by atoms with Crippen LogP contribution in [0.1, 0.15) is 68.7 Å². The molecule has 0 saturated carbocycles. The standard InChI is InChI=1S/C47H45F3N10O5/c1-56-28-37-36-25-30(7-14-38(36)60(43(37)55-56)34-11-8-32(9-12-34)47(48,49)50)44(63)51-18-2-4-29-6-16-40(52-26-29)58-22-20-57(21-23-58)19-3-5-41(61)53-33-10-13-35-31(24-33)27-59(46(35)65)39-15-17-42(62)54-45(39)64/h6-14,16,24-26,28,39,43,55H,3,5,15,17-23,27H2,1H3,(H,51,63)(H,53,61)(H,54,62,64). The molecule has 2 saturated heterocycles. The summed E-state index contributed by atoms with van der Waals surface area (Å²) in [6, 6.07) is 18.6. The van der Waals surface area contributed by atoms with Gasteiger partial charge in [-0.15, -0.1) is 0 Å². The fourth-order valence-electron chi connectivity index (χ4n) is 8.91. The van der Waals surface area contributed by atoms with Gasteiger partial charge in [0.25, 0.3) is 11.8 Å². The zero-order valence-corrected chi connectivity index (χ0v) is 35.4. The first kappa shape index (κ1) is 43.0. The van der Waals surface area contributed by atoms with Gasteiger partial charge in [0.1, 0.15) is 18.0 Å². The van der Waals surface area contributed by atoms with Crippen molar-refractivity contribution in [2.45, 2.75) is 50.6 Å². The molecule has 3 aromatic carbocycles. The molecule has 65 heavy (non-hydrogen) atoms. The molecule has 6 heterocycles. The summed E-state index contributed by atoms with van der Waals surface area (Å²) in [5, 5.41) is 9.87. The number of anilines is 4. The molecule has 0 bridgehead atoms. The number of amides is 5. The number of piperidine rings is 1. The number of carbonyl (C=O) groups is 5. The van der Waals surface area contributed by atoms with Crippen molar-refractivity contribution in [3.8, 4) is 11.8 Å². The molecule has 5 aliphatic heterocycles. The zero-order chi connectivity index (χ0) is 45.4. The van der Waals surface area contributed by atoms with Gasteiger partial charge in [0.05, 0.1) is 17.8 Å². The number of pyridine rings is 1. The first-order valence-electron chi connectivity index (χ1n) is 21.4. The third-order valence-corrected chi connectivity index (χ3v) is 12.2. The molecule has 4 aromatic rings. The van der Waals surface area contributed by atoms with Crippen molar-refractivity contribution in [3.63, 3.8) is 0 Å². The first-order chi connectivity index (χ1) is 31.3. The number of aromatic nitrogens is 1. The monoisotopic (exact) mass is 886 g/mol. The molecule has 15 nitrogen and oxygen atoms in total. The lowest BCUT2D eigenvalue weighted by Crippen LogP contribution is -2.52. The number of hydrogen-bond donors (Lipinski definition) is 4. The number of imide groups is 1. The average molecular weight is 887 g/mol. The number of nitrogens with one attached hydrogen (secondary N) is 4. The van der Waals surface area contributed by atoms with E-state index in [4.69, 9.17) is 0 Å². The molecular weight excluding hydrogens is 842 g/mol. The lowest BCUT2D eigenvalue weighted by Gasteiger charge is -2.35. The highest BCUT2D eigenvalue weighted by molar-refractivity contribution is 6.06. The van der Waals surface area contributed by atoms with Crippen molar-refractivity contribution < 1.29 is 37.1 Å². The fourth-order valence-corrected chi connectivity index (χ4v) is 8.91. The number of hydrazine groups is 1. The summed E-state index contributed by atoms with van der Waals surface area (Å²) >= 11 is 0. The fraction of sp³-hybridized carbons (Fsp3) is 0.319. The largest absolute Gasteiger partial charge is 0.416 e. The Bertz CT molecular complexity index is 2650. The highest BCUT2D eigenvalue weighted by Crippen LogP contribution is 2.46. The molecule has 0 spiro atoms.